The Bertz CT molecular complexity index is 662. The first kappa shape index (κ1) is 21.2. The van der Waals surface area contributed by atoms with E-state index >= 15 is 0 Å². The van der Waals surface area contributed by atoms with Crippen LogP contribution in [0.4, 0.5) is 4.79 Å². The zero-order valence-electron chi connectivity index (χ0n) is 16.7. The molecule has 0 aliphatic carbocycles. The minimum atomic E-state index is -0.874. The Kier molecular flexibility index (Phi) is 7.21. The fraction of sp³-hybridized carbons (Fsp3) is 0.600. The molecular formula is C20H31N3O4. The van der Waals surface area contributed by atoms with Crippen molar-refractivity contribution in [2.45, 2.75) is 32.3 Å². The maximum Gasteiger partial charge on any atom is 0.317 e. The highest BCUT2D eigenvalue weighted by Crippen LogP contribution is 2.25. The topological polar surface area (TPSA) is 82.1 Å². The van der Waals surface area contributed by atoms with E-state index in [1.165, 1.54) is 11.1 Å². The molecule has 27 heavy (non-hydrogen) atoms. The lowest BCUT2D eigenvalue weighted by Crippen LogP contribution is -2.53. The quantitative estimate of drug-likeness (QED) is 0.756. The summed E-state index contributed by atoms with van der Waals surface area (Å²) in [7, 11) is 1.74. The highest BCUT2D eigenvalue weighted by molar-refractivity contribution is 5.74. The Balaban J connectivity index is 1.88. The van der Waals surface area contributed by atoms with Gasteiger partial charge in [0.25, 0.3) is 0 Å². The number of hydrogen-bond acceptors (Lipinski definition) is 4. The molecular weight excluding hydrogens is 346 g/mol. The van der Waals surface area contributed by atoms with Crippen LogP contribution in [-0.4, -0.2) is 79.4 Å². The van der Waals surface area contributed by atoms with Crippen LogP contribution in [0.2, 0.25) is 0 Å². The van der Waals surface area contributed by atoms with E-state index < -0.39 is 5.97 Å². The number of urea groups is 1. The summed E-state index contributed by atoms with van der Waals surface area (Å²) >= 11 is 0. The van der Waals surface area contributed by atoms with E-state index in [0.29, 0.717) is 32.8 Å². The molecule has 7 heteroatoms. The van der Waals surface area contributed by atoms with E-state index in [-0.39, 0.29) is 24.1 Å². The summed E-state index contributed by atoms with van der Waals surface area (Å²) in [6.45, 7) is 8.76. The molecule has 2 N–H and O–H groups in total. The second-order valence-corrected chi connectivity index (χ2v) is 7.89. The van der Waals surface area contributed by atoms with Gasteiger partial charge < -0.3 is 20.1 Å². The molecule has 0 bridgehead atoms. The number of carboxylic acid groups (broad SMARTS) is 1. The van der Waals surface area contributed by atoms with Gasteiger partial charge in [-0.1, -0.05) is 38.1 Å². The van der Waals surface area contributed by atoms with Crippen LogP contribution in [0, 0.1) is 6.92 Å². The van der Waals surface area contributed by atoms with Gasteiger partial charge in [-0.05, 0) is 25.1 Å². The molecule has 0 saturated carbocycles. The monoisotopic (exact) mass is 377 g/mol. The number of ether oxygens (including phenoxy) is 1. The van der Waals surface area contributed by atoms with E-state index in [9.17, 15) is 9.59 Å². The van der Waals surface area contributed by atoms with Crippen LogP contribution in [0.5, 0.6) is 0 Å². The van der Waals surface area contributed by atoms with Crippen molar-refractivity contribution in [3.05, 3.63) is 35.4 Å². The number of carbonyl (C=O) groups is 2. The van der Waals surface area contributed by atoms with Crippen LogP contribution in [0.15, 0.2) is 24.3 Å². The number of rotatable bonds is 7. The molecule has 0 spiro atoms. The summed E-state index contributed by atoms with van der Waals surface area (Å²) in [6, 6.07) is 8.12. The molecule has 2 amide bonds. The van der Waals surface area contributed by atoms with Crippen LogP contribution in [0.1, 0.15) is 25.0 Å². The minimum Gasteiger partial charge on any atom is -0.480 e. The van der Waals surface area contributed by atoms with Crippen LogP contribution in [0.25, 0.3) is 0 Å². The number of benzene rings is 1. The standard InChI is InChI=1S/C20H31N3O4/c1-15-7-5-6-8-17(15)20(2,3)14-21-19(26)23-9-10-27-16(12-23)11-22(4)13-18(24)25/h5-8,16H,9-14H2,1-4H3,(H,21,26)(H,24,25). The number of hydrogen-bond donors (Lipinski definition) is 2. The normalized spacial score (nSPS) is 17.8. The first-order chi connectivity index (χ1) is 12.7. The van der Waals surface area contributed by atoms with Gasteiger partial charge in [-0.15, -0.1) is 0 Å². The predicted molar refractivity (Wildman–Crippen MR) is 104 cm³/mol. The summed E-state index contributed by atoms with van der Waals surface area (Å²) in [5.74, 6) is -0.874. The maximum atomic E-state index is 12.6. The molecule has 1 aliphatic rings. The number of aliphatic carboxylic acids is 1. The Morgan fingerprint density at radius 1 is 1.37 bits per heavy atom. The van der Waals surface area contributed by atoms with Gasteiger partial charge in [-0.3, -0.25) is 9.69 Å². The van der Waals surface area contributed by atoms with Gasteiger partial charge >= 0.3 is 12.0 Å². The molecule has 1 fully saturated rings. The summed E-state index contributed by atoms with van der Waals surface area (Å²) in [5, 5.41) is 11.9. The summed E-state index contributed by atoms with van der Waals surface area (Å²) < 4.78 is 5.68. The number of nitrogens with one attached hydrogen (secondary N) is 1. The number of nitrogens with zero attached hydrogens (tertiary/aromatic N) is 2. The zero-order chi connectivity index (χ0) is 20.0. The molecule has 1 aromatic rings. The van der Waals surface area contributed by atoms with Crippen molar-refractivity contribution >= 4 is 12.0 Å². The van der Waals surface area contributed by atoms with E-state index in [1.54, 1.807) is 16.8 Å². The van der Waals surface area contributed by atoms with Gasteiger partial charge in [0.05, 0.1) is 19.3 Å². The summed E-state index contributed by atoms with van der Waals surface area (Å²) in [4.78, 5) is 26.8. The second kappa shape index (κ2) is 9.19. The van der Waals surface area contributed by atoms with Gasteiger partial charge in [0.1, 0.15) is 0 Å². The van der Waals surface area contributed by atoms with Crippen LogP contribution in [0.3, 0.4) is 0 Å². The molecule has 1 unspecified atom stereocenters. The van der Waals surface area contributed by atoms with Crippen molar-refractivity contribution in [2.24, 2.45) is 0 Å². The summed E-state index contributed by atoms with van der Waals surface area (Å²) in [6.07, 6.45) is -0.182. The number of morpholine rings is 1. The first-order valence-electron chi connectivity index (χ1n) is 9.30. The SMILES string of the molecule is Cc1ccccc1C(C)(C)CNC(=O)N1CCOC(CN(C)CC(=O)O)C1. The van der Waals surface area contributed by atoms with Gasteiger partial charge in [-0.2, -0.15) is 0 Å². The first-order valence-corrected chi connectivity index (χ1v) is 9.30. The zero-order valence-corrected chi connectivity index (χ0v) is 16.7. The smallest absolute Gasteiger partial charge is 0.317 e. The summed E-state index contributed by atoms with van der Waals surface area (Å²) in [5.41, 5.74) is 2.26. The van der Waals surface area contributed by atoms with Gasteiger partial charge in [0.15, 0.2) is 0 Å². The average molecular weight is 377 g/mol. The molecule has 0 aromatic heterocycles. The van der Waals surface area contributed by atoms with Crippen LogP contribution in [-0.2, 0) is 14.9 Å². The average Bonchev–Trinajstić information content (AvgIpc) is 2.59. The number of likely N-dealkylation sites (N-methyl/N-ethyl adjacent to an activating group) is 1. The Labute approximate surface area is 161 Å². The predicted octanol–water partition coefficient (Wildman–Crippen LogP) is 1.70. The highest BCUT2D eigenvalue weighted by atomic mass is 16.5. The molecule has 7 nitrogen and oxygen atoms in total. The molecule has 1 saturated heterocycles. The van der Waals surface area contributed by atoms with E-state index in [2.05, 4.69) is 38.2 Å². The molecule has 150 valence electrons. The fourth-order valence-corrected chi connectivity index (χ4v) is 3.49. The van der Waals surface area contributed by atoms with Gasteiger partial charge in [-0.25, -0.2) is 4.79 Å². The third-order valence-corrected chi connectivity index (χ3v) is 4.90. The third-order valence-electron chi connectivity index (χ3n) is 4.90. The largest absolute Gasteiger partial charge is 0.480 e. The fourth-order valence-electron chi connectivity index (χ4n) is 3.49. The second-order valence-electron chi connectivity index (χ2n) is 7.89. The molecule has 1 aromatic carbocycles. The van der Waals surface area contributed by atoms with Crippen LogP contribution < -0.4 is 5.32 Å². The van der Waals surface area contributed by atoms with Crippen molar-refractivity contribution in [3.8, 4) is 0 Å². The lowest BCUT2D eigenvalue weighted by Gasteiger charge is -2.35. The molecule has 0 radical (unpaired) electrons. The molecule has 1 heterocycles. The maximum absolute atomic E-state index is 12.6. The van der Waals surface area contributed by atoms with Crippen LogP contribution >= 0.6 is 0 Å². The number of carbonyl (C=O) groups excluding carboxylic acids is 1. The van der Waals surface area contributed by atoms with Crippen molar-refractivity contribution in [1.29, 1.82) is 0 Å². The molecule has 1 atom stereocenters. The lowest BCUT2D eigenvalue weighted by molar-refractivity contribution is -0.138. The van der Waals surface area contributed by atoms with Gasteiger partial charge in [0.2, 0.25) is 0 Å². The van der Waals surface area contributed by atoms with E-state index in [1.807, 2.05) is 12.1 Å². The van der Waals surface area contributed by atoms with Crippen molar-refractivity contribution in [1.82, 2.24) is 15.1 Å². The van der Waals surface area contributed by atoms with E-state index in [4.69, 9.17) is 9.84 Å². The number of carboxylic acids is 1. The minimum absolute atomic E-state index is 0.0450. The lowest BCUT2D eigenvalue weighted by atomic mass is 9.82. The Morgan fingerprint density at radius 2 is 2.07 bits per heavy atom. The van der Waals surface area contributed by atoms with Crippen molar-refractivity contribution in [2.75, 3.05) is 46.4 Å². The van der Waals surface area contributed by atoms with E-state index in [0.717, 1.165) is 0 Å². The Morgan fingerprint density at radius 3 is 2.74 bits per heavy atom. The van der Waals surface area contributed by atoms with Crippen molar-refractivity contribution in [3.63, 3.8) is 0 Å². The van der Waals surface area contributed by atoms with Gasteiger partial charge in [0, 0.05) is 31.6 Å². The van der Waals surface area contributed by atoms with Crippen molar-refractivity contribution < 1.29 is 19.4 Å². The molecule has 1 aliphatic heterocycles. The third kappa shape index (κ3) is 6.22. The Hall–Kier alpha value is -2.12. The number of aryl methyl sites for hydroxylation is 1. The number of amides is 2. The highest BCUT2D eigenvalue weighted by Gasteiger charge is 2.28. The molecule has 2 rings (SSSR count).